The molecule has 0 aliphatic rings. The van der Waals surface area contributed by atoms with Gasteiger partial charge in [0.25, 0.3) is 0 Å². The van der Waals surface area contributed by atoms with Gasteiger partial charge in [-0.15, -0.1) is 5.10 Å². The van der Waals surface area contributed by atoms with Crippen molar-refractivity contribution in [3.05, 3.63) is 35.2 Å². The molecule has 0 aliphatic carbocycles. The lowest BCUT2D eigenvalue weighted by atomic mass is 10.1. The van der Waals surface area contributed by atoms with E-state index in [1.165, 1.54) is 11.5 Å². The summed E-state index contributed by atoms with van der Waals surface area (Å²) in [7, 11) is 1.70. The minimum absolute atomic E-state index is 0.715. The molecule has 17 heavy (non-hydrogen) atoms. The van der Waals surface area contributed by atoms with Crippen LogP contribution in [0.5, 0.6) is 0 Å². The molecule has 0 amide bonds. The fraction of sp³-hybridized carbons (Fsp3) is 0.333. The summed E-state index contributed by atoms with van der Waals surface area (Å²) in [5.41, 5.74) is 2.09. The third-order valence-corrected chi connectivity index (χ3v) is 3.09. The van der Waals surface area contributed by atoms with Gasteiger partial charge in [0, 0.05) is 25.8 Å². The number of aromatic nitrogens is 2. The van der Waals surface area contributed by atoms with Crippen molar-refractivity contribution in [2.45, 2.75) is 6.54 Å². The molecule has 0 saturated carbocycles. The van der Waals surface area contributed by atoms with Gasteiger partial charge in [-0.1, -0.05) is 34.8 Å². The summed E-state index contributed by atoms with van der Waals surface area (Å²) in [6, 6.07) is 10.1. The fourth-order valence-corrected chi connectivity index (χ4v) is 2.15. The second-order valence-corrected chi connectivity index (χ2v) is 4.42. The summed E-state index contributed by atoms with van der Waals surface area (Å²) in [5, 5.41) is 7.49. The number of ether oxygens (including phenoxy) is 1. The van der Waals surface area contributed by atoms with Crippen LogP contribution in [-0.4, -0.2) is 29.8 Å². The van der Waals surface area contributed by atoms with Gasteiger partial charge in [-0.2, -0.15) is 0 Å². The Hall–Kier alpha value is -1.30. The van der Waals surface area contributed by atoms with Crippen molar-refractivity contribution >= 4 is 11.5 Å². The van der Waals surface area contributed by atoms with Gasteiger partial charge in [0.1, 0.15) is 5.69 Å². The molecule has 4 nitrogen and oxygen atoms in total. The maximum Gasteiger partial charge on any atom is 0.110 e. The van der Waals surface area contributed by atoms with Gasteiger partial charge < -0.3 is 10.1 Å². The first kappa shape index (κ1) is 12.2. The lowest BCUT2D eigenvalue weighted by Gasteiger charge is -2.03. The van der Waals surface area contributed by atoms with E-state index in [0.29, 0.717) is 6.61 Å². The molecule has 1 aromatic carbocycles. The van der Waals surface area contributed by atoms with Crippen molar-refractivity contribution in [1.82, 2.24) is 14.9 Å². The molecule has 0 atom stereocenters. The van der Waals surface area contributed by atoms with Crippen molar-refractivity contribution in [1.29, 1.82) is 0 Å². The molecule has 0 spiro atoms. The summed E-state index contributed by atoms with van der Waals surface area (Å²) in [5.74, 6) is 0. The Morgan fingerprint density at radius 2 is 2.12 bits per heavy atom. The van der Waals surface area contributed by atoms with E-state index in [4.69, 9.17) is 4.74 Å². The highest BCUT2D eigenvalue weighted by Gasteiger charge is 2.09. The summed E-state index contributed by atoms with van der Waals surface area (Å²) in [6.45, 7) is 2.33. The topological polar surface area (TPSA) is 47.0 Å². The molecular formula is C12H15N3OS. The molecule has 0 saturated heterocycles. The Labute approximate surface area is 105 Å². The maximum absolute atomic E-state index is 4.99. The molecule has 1 N–H and O–H groups in total. The predicted octanol–water partition coefficient (Wildman–Crippen LogP) is 1.94. The highest BCUT2D eigenvalue weighted by atomic mass is 32.1. The van der Waals surface area contributed by atoms with Crippen LogP contribution in [0.25, 0.3) is 11.3 Å². The average molecular weight is 249 g/mol. The van der Waals surface area contributed by atoms with Gasteiger partial charge >= 0.3 is 0 Å². The van der Waals surface area contributed by atoms with Gasteiger partial charge in [-0.05, 0) is 11.5 Å². The highest BCUT2D eigenvalue weighted by Crippen LogP contribution is 2.23. The van der Waals surface area contributed by atoms with Crippen LogP contribution in [-0.2, 0) is 11.3 Å². The van der Waals surface area contributed by atoms with E-state index < -0.39 is 0 Å². The highest BCUT2D eigenvalue weighted by molar-refractivity contribution is 7.05. The number of hydrogen-bond donors (Lipinski definition) is 1. The lowest BCUT2D eigenvalue weighted by Crippen LogP contribution is -2.18. The van der Waals surface area contributed by atoms with Gasteiger partial charge in [0.15, 0.2) is 0 Å². The monoisotopic (exact) mass is 249 g/mol. The van der Waals surface area contributed by atoms with Crippen LogP contribution in [0, 0.1) is 0 Å². The van der Waals surface area contributed by atoms with E-state index in [-0.39, 0.29) is 0 Å². The third-order valence-electron chi connectivity index (χ3n) is 2.37. The van der Waals surface area contributed by atoms with Crippen LogP contribution >= 0.6 is 11.5 Å². The zero-order chi connectivity index (χ0) is 11.9. The molecule has 0 bridgehead atoms. The summed E-state index contributed by atoms with van der Waals surface area (Å²) in [4.78, 5) is 1.16. The quantitative estimate of drug-likeness (QED) is 0.795. The van der Waals surface area contributed by atoms with E-state index in [0.717, 1.165) is 29.2 Å². The molecule has 90 valence electrons. The molecule has 0 unspecified atom stereocenters. The van der Waals surface area contributed by atoms with Crippen LogP contribution in [0.1, 0.15) is 4.88 Å². The first-order valence-corrected chi connectivity index (χ1v) is 6.25. The number of benzene rings is 1. The molecule has 1 aromatic heterocycles. The Morgan fingerprint density at radius 1 is 1.29 bits per heavy atom. The fourth-order valence-electron chi connectivity index (χ4n) is 1.52. The number of hydrogen-bond acceptors (Lipinski definition) is 5. The standard InChI is InChI=1S/C12H15N3OS/c1-16-8-7-13-9-11-12(14-15-17-11)10-5-3-2-4-6-10/h2-6,13H,7-9H2,1H3. The Bertz CT molecular complexity index is 444. The minimum atomic E-state index is 0.715. The van der Waals surface area contributed by atoms with E-state index in [1.807, 2.05) is 18.2 Å². The maximum atomic E-state index is 4.99. The molecule has 5 heteroatoms. The molecule has 2 aromatic rings. The van der Waals surface area contributed by atoms with E-state index >= 15 is 0 Å². The van der Waals surface area contributed by atoms with Gasteiger partial charge in [0.05, 0.1) is 11.5 Å². The van der Waals surface area contributed by atoms with Crippen LogP contribution in [0.2, 0.25) is 0 Å². The second kappa shape index (κ2) is 6.44. The Morgan fingerprint density at radius 3 is 2.88 bits per heavy atom. The van der Waals surface area contributed by atoms with E-state index in [2.05, 4.69) is 27.0 Å². The van der Waals surface area contributed by atoms with Crippen LogP contribution in [0.15, 0.2) is 30.3 Å². The number of rotatable bonds is 6. The van der Waals surface area contributed by atoms with Crippen molar-refractivity contribution in [3.63, 3.8) is 0 Å². The molecule has 1 heterocycles. The Balaban J connectivity index is 2.02. The number of methoxy groups -OCH3 is 1. The van der Waals surface area contributed by atoms with Crippen molar-refractivity contribution in [2.24, 2.45) is 0 Å². The van der Waals surface area contributed by atoms with Crippen LogP contribution in [0.4, 0.5) is 0 Å². The predicted molar refractivity (Wildman–Crippen MR) is 68.9 cm³/mol. The number of nitrogens with zero attached hydrogens (tertiary/aromatic N) is 2. The van der Waals surface area contributed by atoms with Crippen LogP contribution < -0.4 is 5.32 Å². The summed E-state index contributed by atoms with van der Waals surface area (Å²) >= 11 is 1.44. The van der Waals surface area contributed by atoms with Crippen molar-refractivity contribution in [2.75, 3.05) is 20.3 Å². The number of nitrogens with one attached hydrogen (secondary N) is 1. The minimum Gasteiger partial charge on any atom is -0.383 e. The average Bonchev–Trinajstić information content (AvgIpc) is 2.84. The van der Waals surface area contributed by atoms with Crippen molar-refractivity contribution < 1.29 is 4.74 Å². The second-order valence-electron chi connectivity index (χ2n) is 3.58. The molecule has 2 rings (SSSR count). The molecule has 0 fully saturated rings. The first-order valence-electron chi connectivity index (χ1n) is 5.48. The van der Waals surface area contributed by atoms with Gasteiger partial charge in [0.2, 0.25) is 0 Å². The zero-order valence-corrected chi connectivity index (χ0v) is 10.5. The molecule has 0 radical (unpaired) electrons. The van der Waals surface area contributed by atoms with Crippen molar-refractivity contribution in [3.8, 4) is 11.3 Å². The van der Waals surface area contributed by atoms with Crippen LogP contribution in [0.3, 0.4) is 0 Å². The largest absolute Gasteiger partial charge is 0.383 e. The normalized spacial score (nSPS) is 10.6. The van der Waals surface area contributed by atoms with Gasteiger partial charge in [-0.3, -0.25) is 0 Å². The third kappa shape index (κ3) is 3.33. The molecule has 0 aliphatic heterocycles. The molecular weight excluding hydrogens is 234 g/mol. The Kier molecular flexibility index (Phi) is 4.61. The summed E-state index contributed by atoms with van der Waals surface area (Å²) in [6.07, 6.45) is 0. The van der Waals surface area contributed by atoms with E-state index in [1.54, 1.807) is 7.11 Å². The zero-order valence-electron chi connectivity index (χ0n) is 9.72. The lowest BCUT2D eigenvalue weighted by molar-refractivity contribution is 0.199. The van der Waals surface area contributed by atoms with E-state index in [9.17, 15) is 0 Å². The smallest absolute Gasteiger partial charge is 0.110 e. The summed E-state index contributed by atoms with van der Waals surface area (Å²) < 4.78 is 9.00. The van der Waals surface area contributed by atoms with Gasteiger partial charge in [-0.25, -0.2) is 0 Å². The first-order chi connectivity index (χ1) is 8.42. The SMILES string of the molecule is COCCNCc1snnc1-c1ccccc1.